The second kappa shape index (κ2) is 3.93. The Morgan fingerprint density at radius 1 is 1.12 bits per heavy atom. The minimum atomic E-state index is 0.202. The van der Waals surface area contributed by atoms with E-state index in [1.54, 1.807) is 26.4 Å². The molecule has 3 heteroatoms. The molecule has 0 amide bonds. The van der Waals surface area contributed by atoms with E-state index in [0.717, 1.165) is 16.7 Å². The molecule has 0 aromatic heterocycles. The second-order valence-electron chi connectivity index (χ2n) is 3.63. The maximum absolute atomic E-state index is 9.86. The highest BCUT2D eigenvalue weighted by molar-refractivity contribution is 5.98. The molecule has 1 N–H and O–H groups in total. The molecule has 0 saturated carbocycles. The molecule has 0 atom stereocenters. The molecule has 0 spiro atoms. The van der Waals surface area contributed by atoms with Gasteiger partial charge < -0.3 is 14.6 Å². The smallest absolute Gasteiger partial charge is 0.130 e. The Morgan fingerprint density at radius 3 is 2.50 bits per heavy atom. The number of aromatic hydroxyl groups is 1. The summed E-state index contributed by atoms with van der Waals surface area (Å²) in [5, 5.41) is 11.4. The molecule has 0 aliphatic rings. The van der Waals surface area contributed by atoms with Crippen LogP contribution >= 0.6 is 0 Å². The molecule has 2 aromatic rings. The Kier molecular flexibility index (Phi) is 2.60. The molecular formula is C13H14O3. The summed E-state index contributed by atoms with van der Waals surface area (Å²) in [6.07, 6.45) is 0. The molecule has 0 unspecified atom stereocenters. The van der Waals surface area contributed by atoms with Gasteiger partial charge in [0.25, 0.3) is 0 Å². The van der Waals surface area contributed by atoms with Crippen LogP contribution in [0.1, 0.15) is 5.56 Å². The van der Waals surface area contributed by atoms with Crippen molar-refractivity contribution >= 4 is 10.8 Å². The number of hydrogen-bond donors (Lipinski definition) is 1. The molecule has 0 bridgehead atoms. The number of phenolic OH excluding ortho intramolecular Hbond substituents is 1. The Balaban J connectivity index is 2.93. The van der Waals surface area contributed by atoms with E-state index in [1.165, 1.54) is 0 Å². The minimum absolute atomic E-state index is 0.202. The van der Waals surface area contributed by atoms with E-state index in [-0.39, 0.29) is 5.75 Å². The lowest BCUT2D eigenvalue weighted by atomic mass is 10.0. The van der Waals surface area contributed by atoms with E-state index in [1.807, 2.05) is 19.1 Å². The first-order valence-electron chi connectivity index (χ1n) is 5.02. The fraction of sp³-hybridized carbons (Fsp3) is 0.231. The summed E-state index contributed by atoms with van der Waals surface area (Å²) in [6, 6.07) is 7.20. The number of phenols is 1. The Labute approximate surface area is 94.2 Å². The molecule has 84 valence electrons. The third kappa shape index (κ3) is 1.45. The summed E-state index contributed by atoms with van der Waals surface area (Å²) >= 11 is 0. The molecule has 16 heavy (non-hydrogen) atoms. The highest BCUT2D eigenvalue weighted by Crippen LogP contribution is 2.40. The van der Waals surface area contributed by atoms with Crippen LogP contribution in [0.15, 0.2) is 24.3 Å². The number of benzene rings is 2. The van der Waals surface area contributed by atoms with Crippen molar-refractivity contribution in [2.24, 2.45) is 0 Å². The minimum Gasteiger partial charge on any atom is -0.507 e. The zero-order valence-corrected chi connectivity index (χ0v) is 9.57. The Hall–Kier alpha value is -1.90. The van der Waals surface area contributed by atoms with Gasteiger partial charge in [-0.1, -0.05) is 12.1 Å². The van der Waals surface area contributed by atoms with Crippen molar-refractivity contribution in [3.05, 3.63) is 29.8 Å². The van der Waals surface area contributed by atoms with Crippen molar-refractivity contribution in [3.8, 4) is 17.2 Å². The molecule has 0 radical (unpaired) electrons. The number of aryl methyl sites for hydroxylation is 1. The van der Waals surface area contributed by atoms with Crippen LogP contribution in [0.2, 0.25) is 0 Å². The SMILES string of the molecule is COc1c(C)cc(OC)c2c(O)cccc12. The van der Waals surface area contributed by atoms with Crippen molar-refractivity contribution < 1.29 is 14.6 Å². The van der Waals surface area contributed by atoms with Gasteiger partial charge in [0, 0.05) is 5.39 Å². The van der Waals surface area contributed by atoms with E-state index >= 15 is 0 Å². The van der Waals surface area contributed by atoms with E-state index in [9.17, 15) is 5.11 Å². The van der Waals surface area contributed by atoms with Crippen LogP contribution in [-0.4, -0.2) is 19.3 Å². The average molecular weight is 218 g/mol. The Morgan fingerprint density at radius 2 is 1.88 bits per heavy atom. The summed E-state index contributed by atoms with van der Waals surface area (Å²) in [7, 11) is 3.21. The van der Waals surface area contributed by atoms with Gasteiger partial charge in [-0.2, -0.15) is 0 Å². The van der Waals surface area contributed by atoms with Crippen molar-refractivity contribution in [1.82, 2.24) is 0 Å². The van der Waals surface area contributed by atoms with Gasteiger partial charge in [0.15, 0.2) is 0 Å². The van der Waals surface area contributed by atoms with Crippen LogP contribution in [-0.2, 0) is 0 Å². The van der Waals surface area contributed by atoms with Crippen LogP contribution in [0.4, 0.5) is 0 Å². The van der Waals surface area contributed by atoms with Crippen LogP contribution in [0.5, 0.6) is 17.2 Å². The van der Waals surface area contributed by atoms with Crippen molar-refractivity contribution in [1.29, 1.82) is 0 Å². The van der Waals surface area contributed by atoms with Crippen LogP contribution in [0.3, 0.4) is 0 Å². The summed E-state index contributed by atoms with van der Waals surface area (Å²) in [5.74, 6) is 1.63. The average Bonchev–Trinajstić information content (AvgIpc) is 2.28. The fourth-order valence-corrected chi connectivity index (χ4v) is 1.97. The molecule has 0 fully saturated rings. The van der Waals surface area contributed by atoms with Crippen molar-refractivity contribution in [2.75, 3.05) is 14.2 Å². The van der Waals surface area contributed by atoms with Crippen LogP contribution in [0.25, 0.3) is 10.8 Å². The van der Waals surface area contributed by atoms with Gasteiger partial charge in [-0.3, -0.25) is 0 Å². The number of fused-ring (bicyclic) bond motifs is 1. The number of rotatable bonds is 2. The summed E-state index contributed by atoms with van der Waals surface area (Å²) in [5.41, 5.74) is 0.984. The number of hydrogen-bond acceptors (Lipinski definition) is 3. The lowest BCUT2D eigenvalue weighted by Gasteiger charge is -2.13. The lowest BCUT2D eigenvalue weighted by molar-refractivity contribution is 0.405. The normalized spacial score (nSPS) is 10.4. The third-order valence-corrected chi connectivity index (χ3v) is 2.66. The van der Waals surface area contributed by atoms with Gasteiger partial charge in [0.2, 0.25) is 0 Å². The summed E-state index contributed by atoms with van der Waals surface area (Å²) in [4.78, 5) is 0. The standard InChI is InChI=1S/C13H14O3/c1-8-7-11(15-2)12-9(13(8)16-3)5-4-6-10(12)14/h4-7,14H,1-3H3. The molecular weight excluding hydrogens is 204 g/mol. The highest BCUT2D eigenvalue weighted by Gasteiger charge is 2.13. The van der Waals surface area contributed by atoms with E-state index in [0.29, 0.717) is 11.1 Å². The van der Waals surface area contributed by atoms with Gasteiger partial charge in [-0.15, -0.1) is 0 Å². The summed E-state index contributed by atoms with van der Waals surface area (Å²) in [6.45, 7) is 1.95. The first-order chi connectivity index (χ1) is 7.69. The molecule has 2 rings (SSSR count). The predicted molar refractivity (Wildman–Crippen MR) is 63.5 cm³/mol. The maximum atomic E-state index is 9.86. The predicted octanol–water partition coefficient (Wildman–Crippen LogP) is 2.87. The monoisotopic (exact) mass is 218 g/mol. The van der Waals surface area contributed by atoms with Crippen LogP contribution in [0, 0.1) is 6.92 Å². The number of ether oxygens (including phenoxy) is 2. The van der Waals surface area contributed by atoms with Gasteiger partial charge >= 0.3 is 0 Å². The molecule has 2 aromatic carbocycles. The maximum Gasteiger partial charge on any atom is 0.130 e. The van der Waals surface area contributed by atoms with E-state index in [4.69, 9.17) is 9.47 Å². The van der Waals surface area contributed by atoms with E-state index < -0.39 is 0 Å². The van der Waals surface area contributed by atoms with Gasteiger partial charge in [0.1, 0.15) is 17.2 Å². The highest BCUT2D eigenvalue weighted by atomic mass is 16.5. The molecule has 3 nitrogen and oxygen atoms in total. The topological polar surface area (TPSA) is 38.7 Å². The van der Waals surface area contributed by atoms with Gasteiger partial charge in [-0.25, -0.2) is 0 Å². The fourth-order valence-electron chi connectivity index (χ4n) is 1.97. The first-order valence-corrected chi connectivity index (χ1v) is 5.02. The summed E-state index contributed by atoms with van der Waals surface area (Å²) < 4.78 is 10.6. The van der Waals surface area contributed by atoms with Gasteiger partial charge in [-0.05, 0) is 24.6 Å². The molecule has 0 aliphatic carbocycles. The Bertz CT molecular complexity index is 532. The zero-order valence-electron chi connectivity index (χ0n) is 9.57. The van der Waals surface area contributed by atoms with Crippen molar-refractivity contribution in [2.45, 2.75) is 6.92 Å². The molecule has 0 aliphatic heterocycles. The first kappa shape index (κ1) is 10.6. The molecule has 0 saturated heterocycles. The van der Waals surface area contributed by atoms with Crippen molar-refractivity contribution in [3.63, 3.8) is 0 Å². The lowest BCUT2D eigenvalue weighted by Crippen LogP contribution is -1.92. The van der Waals surface area contributed by atoms with Crippen LogP contribution < -0.4 is 9.47 Å². The third-order valence-electron chi connectivity index (χ3n) is 2.66. The second-order valence-corrected chi connectivity index (χ2v) is 3.63. The number of methoxy groups -OCH3 is 2. The largest absolute Gasteiger partial charge is 0.507 e. The zero-order chi connectivity index (χ0) is 11.7. The molecule has 0 heterocycles. The van der Waals surface area contributed by atoms with Gasteiger partial charge in [0.05, 0.1) is 19.6 Å². The quantitative estimate of drug-likeness (QED) is 0.842. The van der Waals surface area contributed by atoms with E-state index in [2.05, 4.69) is 0 Å².